The van der Waals surface area contributed by atoms with E-state index in [-0.39, 0.29) is 43.5 Å². The molecule has 1 aromatic carbocycles. The van der Waals surface area contributed by atoms with Gasteiger partial charge in [0.2, 0.25) is 0 Å². The molecule has 8 heteroatoms. The van der Waals surface area contributed by atoms with Crippen LogP contribution in [-0.2, 0) is 17.6 Å². The summed E-state index contributed by atoms with van der Waals surface area (Å²) >= 11 is 5.79. The van der Waals surface area contributed by atoms with E-state index >= 15 is 0 Å². The zero-order valence-corrected chi connectivity index (χ0v) is 13.3. The van der Waals surface area contributed by atoms with Gasteiger partial charge in [0.1, 0.15) is 6.73 Å². The van der Waals surface area contributed by atoms with E-state index in [1.54, 1.807) is 37.3 Å². The maximum Gasteiger partial charge on any atom is 1.00 e. The molecule has 0 aliphatic carbocycles. The van der Waals surface area contributed by atoms with Crippen LogP contribution in [0, 0.1) is 17.4 Å². The van der Waals surface area contributed by atoms with Gasteiger partial charge >= 0.3 is 25.0 Å². The Morgan fingerprint density at radius 1 is 1.30 bits per heavy atom. The Bertz CT molecular complexity index is 705. The first-order valence-electron chi connectivity index (χ1n) is 6.35. The van der Waals surface area contributed by atoms with Gasteiger partial charge in [-0.2, -0.15) is 13.2 Å². The fraction of sp³-hybridized carbons (Fsp3) is 0.267. The predicted octanol–water partition coefficient (Wildman–Crippen LogP) is 1.50. The van der Waals surface area contributed by atoms with Crippen LogP contribution in [0.5, 0.6) is 0 Å². The molecule has 0 unspecified atom stereocenters. The van der Waals surface area contributed by atoms with Crippen LogP contribution in [-0.4, -0.2) is 11.2 Å². The topological polar surface area (TPSA) is 38.0 Å². The van der Waals surface area contributed by atoms with Gasteiger partial charge in [0.05, 0.1) is 5.69 Å². The van der Waals surface area contributed by atoms with E-state index in [0.717, 1.165) is 4.57 Å². The quantitative estimate of drug-likeness (QED) is 0.628. The van der Waals surface area contributed by atoms with Gasteiger partial charge in [-0.05, 0) is 24.8 Å². The van der Waals surface area contributed by atoms with Gasteiger partial charge in [0, 0.05) is 11.6 Å². The Balaban J connectivity index is 0.00000264. The largest absolute Gasteiger partial charge is 1.00 e. The van der Waals surface area contributed by atoms with Crippen molar-refractivity contribution >= 4 is 11.6 Å². The Kier molecular flexibility index (Phi) is 6.80. The van der Waals surface area contributed by atoms with E-state index in [9.17, 15) is 13.2 Å². The van der Waals surface area contributed by atoms with Crippen molar-refractivity contribution in [1.82, 2.24) is 4.57 Å². The fourth-order valence-corrected chi connectivity index (χ4v) is 2.14. The second-order valence-corrected chi connectivity index (χ2v) is 4.80. The SMILES string of the molecule is CCOCn1c(C(F)(F)F)[c-]c(C#N)c1-c1ccc(Cl)cc1.[Li+]. The van der Waals surface area contributed by atoms with E-state index in [4.69, 9.17) is 21.6 Å². The minimum atomic E-state index is -4.63. The number of aromatic nitrogens is 1. The molecule has 0 N–H and O–H groups in total. The normalized spacial score (nSPS) is 11.0. The number of hydrogen-bond acceptors (Lipinski definition) is 2. The summed E-state index contributed by atoms with van der Waals surface area (Å²) in [7, 11) is 0. The summed E-state index contributed by atoms with van der Waals surface area (Å²) in [5.74, 6) is 0. The molecular weight excluding hydrogens is 324 g/mol. The van der Waals surface area contributed by atoms with E-state index in [1.165, 1.54) is 0 Å². The molecule has 2 aromatic rings. The number of halogens is 4. The van der Waals surface area contributed by atoms with Crippen molar-refractivity contribution in [2.24, 2.45) is 0 Å². The van der Waals surface area contributed by atoms with Crippen molar-refractivity contribution in [3.05, 3.63) is 46.6 Å². The molecule has 0 radical (unpaired) electrons. The van der Waals surface area contributed by atoms with Gasteiger partial charge in [-0.15, -0.1) is 11.6 Å². The second kappa shape index (κ2) is 7.94. The molecule has 0 atom stereocenters. The molecule has 0 spiro atoms. The van der Waals surface area contributed by atoms with Gasteiger partial charge < -0.3 is 9.30 Å². The third-order valence-electron chi connectivity index (χ3n) is 2.94. The van der Waals surface area contributed by atoms with Crippen LogP contribution in [0.2, 0.25) is 5.02 Å². The fourth-order valence-electron chi connectivity index (χ4n) is 2.02. The number of nitrogens with zero attached hydrogens (tertiary/aromatic N) is 2. The van der Waals surface area contributed by atoms with Crippen LogP contribution in [0.1, 0.15) is 18.2 Å². The average Bonchev–Trinajstić information content (AvgIpc) is 2.84. The smallest absolute Gasteiger partial charge is 0.378 e. The van der Waals surface area contributed by atoms with E-state index in [0.29, 0.717) is 10.6 Å². The van der Waals surface area contributed by atoms with Crippen LogP contribution < -0.4 is 18.9 Å². The molecule has 2 rings (SSSR count). The average molecular weight is 335 g/mol. The van der Waals surface area contributed by atoms with Gasteiger partial charge in [-0.25, -0.2) is 0 Å². The molecule has 1 heterocycles. The van der Waals surface area contributed by atoms with E-state index < -0.39 is 11.9 Å². The summed E-state index contributed by atoms with van der Waals surface area (Å²) in [6, 6.07) is 10.1. The van der Waals surface area contributed by atoms with Crippen molar-refractivity contribution in [2.75, 3.05) is 6.61 Å². The first kappa shape index (κ1) is 19.7. The molecule has 0 amide bonds. The van der Waals surface area contributed by atoms with Gasteiger partial charge in [-0.1, -0.05) is 35.4 Å². The molecule has 0 saturated heterocycles. The zero-order chi connectivity index (χ0) is 16.3. The van der Waals surface area contributed by atoms with Crippen molar-refractivity contribution in [2.45, 2.75) is 19.8 Å². The Hall–Kier alpha value is -1.37. The second-order valence-electron chi connectivity index (χ2n) is 4.36. The van der Waals surface area contributed by atoms with Crippen molar-refractivity contribution in [3.63, 3.8) is 0 Å². The molecule has 0 fully saturated rings. The maximum absolute atomic E-state index is 13.1. The zero-order valence-electron chi connectivity index (χ0n) is 12.5. The Labute approximate surface area is 148 Å². The van der Waals surface area contributed by atoms with Gasteiger partial charge in [0.15, 0.2) is 0 Å². The third kappa shape index (κ3) is 4.34. The molecule has 0 aliphatic rings. The first-order chi connectivity index (χ1) is 10.4. The molecule has 0 aliphatic heterocycles. The van der Waals surface area contributed by atoms with E-state index in [2.05, 4.69) is 6.07 Å². The summed E-state index contributed by atoms with van der Waals surface area (Å²) in [6.45, 7) is 1.60. The van der Waals surface area contributed by atoms with Crippen LogP contribution in [0.3, 0.4) is 0 Å². The van der Waals surface area contributed by atoms with Gasteiger partial charge in [-0.3, -0.25) is 5.26 Å². The van der Waals surface area contributed by atoms with Crippen molar-refractivity contribution in [1.29, 1.82) is 5.26 Å². The third-order valence-corrected chi connectivity index (χ3v) is 3.19. The first-order valence-corrected chi connectivity index (χ1v) is 6.73. The number of ether oxygens (including phenoxy) is 1. The molecule has 3 nitrogen and oxygen atoms in total. The minimum absolute atomic E-state index is 0. The summed E-state index contributed by atoms with van der Waals surface area (Å²) in [6.07, 6.45) is -4.63. The standard InChI is InChI=1S/C15H11ClF3N2O.Li/c1-2-22-9-21-13(15(17,18)19)7-11(8-20)14(21)10-3-5-12(16)6-4-10;/h3-6H,2,9H2,1H3;/q-1;+1. The minimum Gasteiger partial charge on any atom is -0.378 e. The van der Waals surface area contributed by atoms with E-state index in [1.807, 2.05) is 0 Å². The number of hydrogen-bond donors (Lipinski definition) is 0. The number of rotatable bonds is 4. The summed E-state index contributed by atoms with van der Waals surface area (Å²) in [4.78, 5) is 0. The maximum atomic E-state index is 13.1. The number of alkyl halides is 3. The summed E-state index contributed by atoms with van der Waals surface area (Å²) in [5, 5.41) is 9.58. The molecule has 0 bridgehead atoms. The Morgan fingerprint density at radius 3 is 2.39 bits per heavy atom. The number of benzene rings is 1. The van der Waals surface area contributed by atoms with Crippen LogP contribution >= 0.6 is 11.6 Å². The molecule has 23 heavy (non-hydrogen) atoms. The van der Waals surface area contributed by atoms with Crippen LogP contribution in [0.15, 0.2) is 24.3 Å². The predicted molar refractivity (Wildman–Crippen MR) is 75.1 cm³/mol. The van der Waals surface area contributed by atoms with Crippen LogP contribution in [0.25, 0.3) is 11.3 Å². The summed E-state index contributed by atoms with van der Waals surface area (Å²) in [5.41, 5.74) is -0.677. The Morgan fingerprint density at radius 2 is 1.91 bits per heavy atom. The van der Waals surface area contributed by atoms with Gasteiger partial charge in [0.25, 0.3) is 0 Å². The molecular formula is C15H11ClF3LiN2O. The molecule has 0 saturated carbocycles. The molecule has 1 aromatic heterocycles. The summed E-state index contributed by atoms with van der Waals surface area (Å²) < 4.78 is 45.5. The molecule has 116 valence electrons. The van der Waals surface area contributed by atoms with Crippen molar-refractivity contribution < 1.29 is 36.8 Å². The van der Waals surface area contributed by atoms with Crippen LogP contribution in [0.4, 0.5) is 13.2 Å². The number of nitriles is 1. The van der Waals surface area contributed by atoms with Crippen molar-refractivity contribution in [3.8, 4) is 17.3 Å². The monoisotopic (exact) mass is 334 g/mol.